The van der Waals surface area contributed by atoms with Gasteiger partial charge in [0.05, 0.1) is 6.10 Å². The van der Waals surface area contributed by atoms with E-state index < -0.39 is 17.7 Å². The van der Waals surface area contributed by atoms with Gasteiger partial charge in [-0.3, -0.25) is 0 Å². The molecule has 0 aliphatic carbocycles. The van der Waals surface area contributed by atoms with Crippen molar-refractivity contribution in [1.29, 1.82) is 0 Å². The van der Waals surface area contributed by atoms with Crippen molar-refractivity contribution in [3.8, 4) is 0 Å². The topological polar surface area (TPSA) is 32.3 Å². The van der Waals surface area contributed by atoms with Gasteiger partial charge in [-0.15, -0.1) is 0 Å². The lowest BCUT2D eigenvalue weighted by molar-refractivity contribution is 0.191. The van der Waals surface area contributed by atoms with Crippen molar-refractivity contribution >= 4 is 28.9 Å². The van der Waals surface area contributed by atoms with Crippen LogP contribution in [0.25, 0.3) is 0 Å². The standard InChI is InChI=1S/C14H11Cl2F2NO/c15-9-4-10(16)6-11(5-9)19-7-14(20)8-1-2-12(17)13(18)3-8/h1-6,14,19-20H,7H2. The van der Waals surface area contributed by atoms with E-state index in [1.54, 1.807) is 18.2 Å². The maximum atomic E-state index is 13.1. The van der Waals surface area contributed by atoms with Crippen molar-refractivity contribution in [3.05, 3.63) is 63.6 Å². The Balaban J connectivity index is 2.04. The largest absolute Gasteiger partial charge is 0.387 e. The van der Waals surface area contributed by atoms with Crippen LogP contribution in [0, 0.1) is 11.6 Å². The van der Waals surface area contributed by atoms with Crippen LogP contribution in [0.2, 0.25) is 10.0 Å². The number of anilines is 1. The normalized spacial score (nSPS) is 12.2. The predicted molar refractivity (Wildman–Crippen MR) is 76.3 cm³/mol. The van der Waals surface area contributed by atoms with Crippen LogP contribution in [0.5, 0.6) is 0 Å². The van der Waals surface area contributed by atoms with Crippen LogP contribution in [0.15, 0.2) is 36.4 Å². The van der Waals surface area contributed by atoms with E-state index in [0.717, 1.165) is 12.1 Å². The molecule has 0 fully saturated rings. The second kappa shape index (κ2) is 6.39. The molecule has 106 valence electrons. The number of aliphatic hydroxyl groups excluding tert-OH is 1. The van der Waals surface area contributed by atoms with Gasteiger partial charge in [-0.2, -0.15) is 0 Å². The third kappa shape index (κ3) is 3.82. The monoisotopic (exact) mass is 317 g/mol. The molecule has 0 saturated carbocycles. The van der Waals surface area contributed by atoms with Crippen molar-refractivity contribution in [3.63, 3.8) is 0 Å². The summed E-state index contributed by atoms with van der Waals surface area (Å²) in [6.45, 7) is 0.113. The summed E-state index contributed by atoms with van der Waals surface area (Å²) in [5, 5.41) is 13.8. The molecule has 2 aromatic carbocycles. The molecule has 0 radical (unpaired) electrons. The number of halogens is 4. The van der Waals surface area contributed by atoms with Crippen LogP contribution < -0.4 is 5.32 Å². The second-order valence-electron chi connectivity index (χ2n) is 4.23. The number of aliphatic hydroxyl groups is 1. The molecule has 0 bridgehead atoms. The molecular formula is C14H11Cl2F2NO. The van der Waals surface area contributed by atoms with Crippen molar-refractivity contribution < 1.29 is 13.9 Å². The van der Waals surface area contributed by atoms with Crippen LogP contribution in [0.4, 0.5) is 14.5 Å². The van der Waals surface area contributed by atoms with Gasteiger partial charge in [0.2, 0.25) is 0 Å². The molecule has 0 aliphatic rings. The molecule has 2 N–H and O–H groups in total. The average molecular weight is 318 g/mol. The predicted octanol–water partition coefficient (Wildman–Crippen LogP) is 4.42. The van der Waals surface area contributed by atoms with Crippen LogP contribution in [-0.2, 0) is 0 Å². The fraction of sp³-hybridized carbons (Fsp3) is 0.143. The highest BCUT2D eigenvalue weighted by Gasteiger charge is 2.11. The molecule has 0 saturated heterocycles. The first-order valence-corrected chi connectivity index (χ1v) is 6.54. The Morgan fingerprint density at radius 1 is 1.00 bits per heavy atom. The summed E-state index contributed by atoms with van der Waals surface area (Å²) in [7, 11) is 0. The van der Waals surface area contributed by atoms with E-state index in [1.165, 1.54) is 6.07 Å². The fourth-order valence-electron chi connectivity index (χ4n) is 1.71. The fourth-order valence-corrected chi connectivity index (χ4v) is 2.23. The molecule has 0 aromatic heterocycles. The van der Waals surface area contributed by atoms with Crippen molar-refractivity contribution in [2.75, 3.05) is 11.9 Å². The van der Waals surface area contributed by atoms with E-state index in [-0.39, 0.29) is 12.1 Å². The SMILES string of the molecule is OC(CNc1cc(Cl)cc(Cl)c1)c1ccc(F)c(F)c1. The van der Waals surface area contributed by atoms with E-state index in [2.05, 4.69) is 5.32 Å². The molecule has 0 amide bonds. The molecule has 0 spiro atoms. The van der Waals surface area contributed by atoms with E-state index in [9.17, 15) is 13.9 Å². The molecule has 6 heteroatoms. The molecule has 1 atom stereocenters. The average Bonchev–Trinajstić information content (AvgIpc) is 2.38. The van der Waals surface area contributed by atoms with E-state index in [0.29, 0.717) is 15.7 Å². The first-order chi connectivity index (χ1) is 9.45. The summed E-state index contributed by atoms with van der Waals surface area (Å²) in [4.78, 5) is 0. The van der Waals surface area contributed by atoms with Crippen LogP contribution >= 0.6 is 23.2 Å². The zero-order valence-corrected chi connectivity index (χ0v) is 11.7. The van der Waals surface area contributed by atoms with Crippen molar-refractivity contribution in [2.45, 2.75) is 6.10 Å². The zero-order chi connectivity index (χ0) is 14.7. The van der Waals surface area contributed by atoms with E-state index in [1.807, 2.05) is 0 Å². The molecule has 2 rings (SSSR count). The summed E-state index contributed by atoms with van der Waals surface area (Å²) in [5.74, 6) is -1.94. The lowest BCUT2D eigenvalue weighted by atomic mass is 10.1. The van der Waals surface area contributed by atoms with Crippen molar-refractivity contribution in [1.82, 2.24) is 0 Å². The van der Waals surface area contributed by atoms with Gasteiger partial charge in [-0.1, -0.05) is 29.3 Å². The smallest absolute Gasteiger partial charge is 0.159 e. The van der Waals surface area contributed by atoms with Gasteiger partial charge in [0, 0.05) is 22.3 Å². The molecule has 2 aromatic rings. The number of rotatable bonds is 4. The summed E-state index contributed by atoms with van der Waals surface area (Å²) >= 11 is 11.7. The highest BCUT2D eigenvalue weighted by Crippen LogP contribution is 2.23. The Labute approximate surface area is 125 Å². The Kier molecular flexibility index (Phi) is 4.81. The highest BCUT2D eigenvalue weighted by molar-refractivity contribution is 6.35. The minimum absolute atomic E-state index is 0.113. The maximum Gasteiger partial charge on any atom is 0.159 e. The first-order valence-electron chi connectivity index (χ1n) is 5.78. The lowest BCUT2D eigenvalue weighted by Crippen LogP contribution is -2.12. The Morgan fingerprint density at radius 2 is 1.65 bits per heavy atom. The highest BCUT2D eigenvalue weighted by atomic mass is 35.5. The summed E-state index contributed by atoms with van der Waals surface area (Å²) in [6, 6.07) is 8.14. The van der Waals surface area contributed by atoms with E-state index >= 15 is 0 Å². The van der Waals surface area contributed by atoms with Crippen LogP contribution in [0.3, 0.4) is 0 Å². The zero-order valence-electron chi connectivity index (χ0n) is 10.2. The third-order valence-electron chi connectivity index (χ3n) is 2.69. The summed E-state index contributed by atoms with van der Waals surface area (Å²) < 4.78 is 25.9. The summed E-state index contributed by atoms with van der Waals surface area (Å²) in [6.07, 6.45) is -0.983. The molecule has 1 unspecified atom stereocenters. The molecule has 0 heterocycles. The minimum atomic E-state index is -0.993. The lowest BCUT2D eigenvalue weighted by Gasteiger charge is -2.14. The number of hydrogen-bond acceptors (Lipinski definition) is 2. The Hall–Kier alpha value is -1.36. The third-order valence-corrected chi connectivity index (χ3v) is 3.13. The molecule has 0 aliphatic heterocycles. The van der Waals surface area contributed by atoms with Gasteiger partial charge < -0.3 is 10.4 Å². The number of nitrogens with one attached hydrogen (secondary N) is 1. The van der Waals surface area contributed by atoms with Crippen LogP contribution in [0.1, 0.15) is 11.7 Å². The Bertz CT molecular complexity index is 602. The quantitative estimate of drug-likeness (QED) is 0.875. The second-order valence-corrected chi connectivity index (χ2v) is 5.10. The maximum absolute atomic E-state index is 13.1. The van der Waals surface area contributed by atoms with E-state index in [4.69, 9.17) is 23.2 Å². The number of hydrogen-bond donors (Lipinski definition) is 2. The molecule has 20 heavy (non-hydrogen) atoms. The van der Waals surface area contributed by atoms with Gasteiger partial charge in [-0.25, -0.2) is 8.78 Å². The minimum Gasteiger partial charge on any atom is -0.387 e. The van der Waals surface area contributed by atoms with Crippen molar-refractivity contribution in [2.24, 2.45) is 0 Å². The molecular weight excluding hydrogens is 307 g/mol. The van der Waals surface area contributed by atoms with Gasteiger partial charge in [0.15, 0.2) is 11.6 Å². The Morgan fingerprint density at radius 3 is 2.25 bits per heavy atom. The first kappa shape index (κ1) is 15.0. The molecule has 2 nitrogen and oxygen atoms in total. The van der Waals surface area contributed by atoms with Gasteiger partial charge in [0.1, 0.15) is 0 Å². The summed E-state index contributed by atoms with van der Waals surface area (Å²) in [5.41, 5.74) is 0.911. The van der Waals surface area contributed by atoms with Crippen LogP contribution in [-0.4, -0.2) is 11.7 Å². The van der Waals surface area contributed by atoms with Gasteiger partial charge in [-0.05, 0) is 35.9 Å². The van der Waals surface area contributed by atoms with Gasteiger partial charge >= 0.3 is 0 Å². The number of benzene rings is 2. The van der Waals surface area contributed by atoms with Gasteiger partial charge in [0.25, 0.3) is 0 Å².